The number of allylic oxidation sites excluding steroid dienone is 6. The van der Waals surface area contributed by atoms with Crippen molar-refractivity contribution in [1.29, 1.82) is 10.5 Å². The van der Waals surface area contributed by atoms with Gasteiger partial charge in [0, 0.05) is 84.7 Å². The highest BCUT2D eigenvalue weighted by molar-refractivity contribution is 6.30. The van der Waals surface area contributed by atoms with Gasteiger partial charge in [-0.3, -0.25) is 14.5 Å². The molecule has 0 saturated carbocycles. The molecule has 4 unspecified atom stereocenters. The minimum atomic E-state index is -0.103. The number of nitriles is 2. The van der Waals surface area contributed by atoms with Crippen molar-refractivity contribution in [2.24, 2.45) is 15.9 Å². The number of aromatic nitrogens is 3. The van der Waals surface area contributed by atoms with E-state index in [0.717, 1.165) is 115 Å². The Kier molecular flexibility index (Phi) is 13.3. The van der Waals surface area contributed by atoms with Gasteiger partial charge in [-0.2, -0.15) is 10.5 Å². The summed E-state index contributed by atoms with van der Waals surface area (Å²) in [5.41, 5.74) is 32.8. The molecule has 6 heterocycles. The maximum Gasteiger partial charge on any atom is 0.118 e. The Labute approximate surface area is 608 Å². The van der Waals surface area contributed by atoms with Crippen LogP contribution in [0.3, 0.4) is 0 Å². The Balaban J connectivity index is 0.811. The van der Waals surface area contributed by atoms with E-state index in [2.05, 4.69) is 246 Å². The first-order valence-corrected chi connectivity index (χ1v) is 37.7. The summed E-state index contributed by atoms with van der Waals surface area (Å²) in [6.45, 7) is 2.35. The molecule has 496 valence electrons. The minimum absolute atomic E-state index is 0.00858. The molecule has 4 aliphatic carbocycles. The number of para-hydroxylation sites is 1. The van der Waals surface area contributed by atoms with E-state index in [9.17, 15) is 10.5 Å². The molecule has 4 atom stereocenters. The summed E-state index contributed by atoms with van der Waals surface area (Å²) in [5.74, 6) is 1.19. The molecule has 6 aliphatic rings. The van der Waals surface area contributed by atoms with Crippen LogP contribution in [-0.2, 0) is 19.3 Å². The first-order valence-electron chi connectivity index (χ1n) is 37.7. The third-order valence-electron chi connectivity index (χ3n) is 24.7. The summed E-state index contributed by atoms with van der Waals surface area (Å²) in [7, 11) is 0. The van der Waals surface area contributed by atoms with E-state index in [4.69, 9.17) is 15.0 Å². The Bertz CT molecular complexity index is 6800. The van der Waals surface area contributed by atoms with Crippen molar-refractivity contribution in [3.8, 4) is 56.6 Å². The maximum absolute atomic E-state index is 10.5. The number of aryl methyl sites for hydroxylation is 2. The molecule has 0 fully saturated rings. The zero-order valence-electron chi connectivity index (χ0n) is 58.3. The molecule has 105 heavy (non-hydrogen) atoms. The van der Waals surface area contributed by atoms with E-state index in [1.54, 1.807) is 0 Å². The fourth-order valence-corrected chi connectivity index (χ4v) is 20.3. The van der Waals surface area contributed by atoms with Gasteiger partial charge in [-0.1, -0.05) is 195 Å². The average molecular weight is 1340 g/mol. The molecule has 0 radical (unpaired) electrons. The van der Waals surface area contributed by atoms with Gasteiger partial charge in [-0.05, 0) is 230 Å². The molecule has 4 aromatic heterocycles. The number of hydrogen-bond acceptors (Lipinski definition) is 5. The van der Waals surface area contributed by atoms with Crippen molar-refractivity contribution < 1.29 is 0 Å². The van der Waals surface area contributed by atoms with Crippen molar-refractivity contribution >= 4 is 93.0 Å². The van der Waals surface area contributed by atoms with E-state index in [1.165, 1.54) is 154 Å². The second-order valence-electron chi connectivity index (χ2n) is 30.0. The third-order valence-corrected chi connectivity index (χ3v) is 24.7. The summed E-state index contributed by atoms with van der Waals surface area (Å²) in [4.78, 5) is 17.1. The molecule has 7 nitrogen and oxygen atoms in total. The Hall–Kier alpha value is -12.6. The lowest BCUT2D eigenvalue weighted by molar-refractivity contribution is 0.548. The number of pyridine rings is 1. The van der Waals surface area contributed by atoms with Gasteiger partial charge in [0.1, 0.15) is 5.84 Å². The largest absolute Gasteiger partial charge is 0.308 e. The number of benzene rings is 12. The van der Waals surface area contributed by atoms with Crippen LogP contribution < -0.4 is 0 Å². The second kappa shape index (κ2) is 23.2. The zero-order valence-corrected chi connectivity index (χ0v) is 58.3. The van der Waals surface area contributed by atoms with E-state index < -0.39 is 0 Å². The van der Waals surface area contributed by atoms with Crippen LogP contribution in [0.25, 0.3) is 126 Å². The minimum Gasteiger partial charge on any atom is -0.308 e. The quantitative estimate of drug-likeness (QED) is 0.172. The molecule has 0 amide bonds. The molecule has 22 rings (SSSR count). The van der Waals surface area contributed by atoms with E-state index in [0.29, 0.717) is 11.1 Å². The lowest BCUT2D eigenvalue weighted by Gasteiger charge is -2.36. The molecular weight excluding hydrogens is 1280 g/mol. The lowest BCUT2D eigenvalue weighted by Crippen LogP contribution is -2.32. The fraction of sp³-hybridized carbons (Fsp3) is 0.153. The van der Waals surface area contributed by atoms with Crippen molar-refractivity contribution in [3.05, 3.63) is 333 Å². The predicted octanol–water partition coefficient (Wildman–Crippen LogP) is 23.9. The van der Waals surface area contributed by atoms with E-state index >= 15 is 0 Å². The molecule has 0 bridgehead atoms. The van der Waals surface area contributed by atoms with Crippen LogP contribution in [0, 0.1) is 28.6 Å². The summed E-state index contributed by atoms with van der Waals surface area (Å²) in [6, 6.07) is 91.1. The van der Waals surface area contributed by atoms with Gasteiger partial charge in [0.2, 0.25) is 0 Å². The van der Waals surface area contributed by atoms with Gasteiger partial charge in [-0.25, -0.2) is 4.99 Å². The van der Waals surface area contributed by atoms with Crippen molar-refractivity contribution in [3.63, 3.8) is 0 Å². The topological polar surface area (TPSA) is 94.5 Å². The lowest BCUT2D eigenvalue weighted by atomic mass is 9.74. The normalized spacial score (nSPS) is 19.4. The highest BCUT2D eigenvalue weighted by Gasteiger charge is 2.42. The Morgan fingerprint density at radius 2 is 1.29 bits per heavy atom. The number of aliphatic imine (C=N–C) groups is 2. The summed E-state index contributed by atoms with van der Waals surface area (Å²) in [6.07, 6.45) is 18.4. The van der Waals surface area contributed by atoms with Crippen molar-refractivity contribution in [2.75, 3.05) is 0 Å². The molecule has 12 aromatic carbocycles. The van der Waals surface area contributed by atoms with Gasteiger partial charge in [0.15, 0.2) is 0 Å². The van der Waals surface area contributed by atoms with Crippen molar-refractivity contribution in [1.82, 2.24) is 14.0 Å². The van der Waals surface area contributed by atoms with E-state index in [-0.39, 0.29) is 23.7 Å². The predicted molar refractivity (Wildman–Crippen MR) is 430 cm³/mol. The highest BCUT2D eigenvalue weighted by atomic mass is 15.1. The smallest absolute Gasteiger partial charge is 0.118 e. The molecule has 16 aromatic rings. The molecule has 0 spiro atoms. The molecular formula is C98H69N7. The molecule has 7 heteroatoms. The van der Waals surface area contributed by atoms with Crippen LogP contribution >= 0.6 is 0 Å². The first kappa shape index (κ1) is 60.1. The van der Waals surface area contributed by atoms with Crippen LogP contribution in [0.4, 0.5) is 0 Å². The SMILES string of the molecule is CCC1C(n2c3ccc4c(-c5ccc6c7c8c(cc9c%10ccccc%10n(c6c5)c97)-c5c(ccc6ccccc56)CCC8C5=C/CCc6cccnc6/C(c6cccc(C#N)c6)=N\5)cccc4c3c3cc4c5c(c32)-c2ccccc2CC5c2ccccc2-4)=NC2=C(/C=C\CCCC2)C1c1cccc(C#N)c1. The monoisotopic (exact) mass is 1340 g/mol. The number of fused-ring (bicyclic) bond motifs is 24. The zero-order chi connectivity index (χ0) is 69.3. The maximum atomic E-state index is 10.5. The highest BCUT2D eigenvalue weighted by Crippen LogP contribution is 2.59. The van der Waals surface area contributed by atoms with Crippen LogP contribution in [0.1, 0.15) is 131 Å². The van der Waals surface area contributed by atoms with E-state index in [1.807, 2.05) is 36.5 Å². The van der Waals surface area contributed by atoms with Gasteiger partial charge >= 0.3 is 0 Å². The van der Waals surface area contributed by atoms with Crippen LogP contribution in [0.15, 0.2) is 282 Å². The fourth-order valence-electron chi connectivity index (χ4n) is 20.3. The molecule has 0 saturated heterocycles. The Morgan fingerprint density at radius 3 is 2.20 bits per heavy atom. The van der Waals surface area contributed by atoms with Crippen molar-refractivity contribution in [2.45, 2.75) is 88.9 Å². The number of nitrogens with zero attached hydrogens (tertiary/aromatic N) is 7. The van der Waals surface area contributed by atoms with Gasteiger partial charge < -0.3 is 4.40 Å². The van der Waals surface area contributed by atoms with Crippen LogP contribution in [-0.4, -0.2) is 25.5 Å². The number of rotatable bonds is 5. The van der Waals surface area contributed by atoms with Crippen LogP contribution in [0.5, 0.6) is 0 Å². The molecule has 2 aliphatic heterocycles. The van der Waals surface area contributed by atoms with Crippen LogP contribution in [0.2, 0.25) is 0 Å². The Morgan fingerprint density at radius 1 is 0.495 bits per heavy atom. The van der Waals surface area contributed by atoms with Gasteiger partial charge in [0.25, 0.3) is 0 Å². The third kappa shape index (κ3) is 8.73. The van der Waals surface area contributed by atoms with Gasteiger partial charge in [-0.15, -0.1) is 0 Å². The number of hydrogen-bond donors (Lipinski definition) is 0. The second-order valence-corrected chi connectivity index (χ2v) is 30.0. The summed E-state index contributed by atoms with van der Waals surface area (Å²) in [5, 5.41) is 33.2. The first-order chi connectivity index (χ1) is 52.0. The summed E-state index contributed by atoms with van der Waals surface area (Å²) < 4.78 is 5.25. The van der Waals surface area contributed by atoms with Gasteiger partial charge in [0.05, 0.1) is 62.3 Å². The molecule has 0 N–H and O–H groups in total. The average Bonchev–Trinajstić information content (AvgIpc) is 1.53. The summed E-state index contributed by atoms with van der Waals surface area (Å²) >= 11 is 0. The standard InChI is InChI=1S/C98H69N7/c1-2-65-88(63-25-15-20-56(48-63)54-99)74-33-5-3-4-6-36-83(74)103-98(65)105-85-46-45-71-66(34-18-35-73(71)89(85)81-52-78-70-31-12-11-30-69(70)77-50-61-23-8-10-29-68(61)92(91(77)78)97(81)105)62-42-44-76-86(51-62)104-84-38-14-13-32-72(84)79-53-80-87-59(40-39-58-22-7-9-28-67(58)87)41-43-75(90(80)93(76)96(79)104)82-37-17-24-60-27-19-47-101-94(60)95(102-82)64-26-16-21-57(49-64)55-100/h5,7-16,18-23,25-35,37-40,42,44-49,51-53,65,75,77,88H,2-4,6,17,24,36,41,43,50H2,1H3/b33-5-,82-37-,102-95-.